The van der Waals surface area contributed by atoms with E-state index in [9.17, 15) is 4.79 Å². The van der Waals surface area contributed by atoms with Crippen molar-refractivity contribution in [1.82, 2.24) is 0 Å². The average molecular weight is 247 g/mol. The predicted octanol–water partition coefficient (Wildman–Crippen LogP) is 3.83. The molecule has 0 saturated heterocycles. The Balaban J connectivity index is 2.56. The van der Waals surface area contributed by atoms with Crippen LogP contribution in [0.1, 0.15) is 10.4 Å². The molecule has 0 atom stereocenters. The third-order valence-electron chi connectivity index (χ3n) is 2.55. The molecule has 0 N–H and O–H groups in total. The number of carbonyl (C=O) groups is 1. The van der Waals surface area contributed by atoms with Crippen molar-refractivity contribution in [3.8, 4) is 16.9 Å². The molecule has 0 aliphatic rings. The number of carbonyl (C=O) groups excluding carboxylic acids is 1. The second kappa shape index (κ2) is 5.02. The molecule has 2 nitrogen and oxygen atoms in total. The number of methoxy groups -OCH3 is 1. The lowest BCUT2D eigenvalue weighted by molar-refractivity contribution is 0.112. The summed E-state index contributed by atoms with van der Waals surface area (Å²) in [5.74, 6) is 0.697. The van der Waals surface area contributed by atoms with Crippen molar-refractivity contribution >= 4 is 17.9 Å². The zero-order valence-electron chi connectivity index (χ0n) is 9.31. The molecular formula is C14H11ClO2. The van der Waals surface area contributed by atoms with Crippen LogP contribution < -0.4 is 4.74 Å². The van der Waals surface area contributed by atoms with Gasteiger partial charge in [-0.25, -0.2) is 0 Å². The van der Waals surface area contributed by atoms with Crippen LogP contribution in [-0.4, -0.2) is 13.4 Å². The van der Waals surface area contributed by atoms with Crippen molar-refractivity contribution in [2.75, 3.05) is 7.11 Å². The SMILES string of the molecule is COc1ccc(-c2ccccc2C=O)c(Cl)c1. The third-order valence-corrected chi connectivity index (χ3v) is 2.87. The van der Waals surface area contributed by atoms with Gasteiger partial charge in [0.1, 0.15) is 5.75 Å². The minimum atomic E-state index is 0.568. The fourth-order valence-corrected chi connectivity index (χ4v) is 1.96. The van der Waals surface area contributed by atoms with Crippen molar-refractivity contribution in [3.63, 3.8) is 0 Å². The molecule has 0 unspecified atom stereocenters. The van der Waals surface area contributed by atoms with Gasteiger partial charge in [0.25, 0.3) is 0 Å². The summed E-state index contributed by atoms with van der Waals surface area (Å²) in [5, 5.41) is 0.568. The number of rotatable bonds is 3. The van der Waals surface area contributed by atoms with E-state index < -0.39 is 0 Å². The Morgan fingerprint density at radius 3 is 2.53 bits per heavy atom. The van der Waals surface area contributed by atoms with E-state index in [0.717, 1.165) is 17.4 Å². The first-order valence-electron chi connectivity index (χ1n) is 5.14. The highest BCUT2D eigenvalue weighted by Crippen LogP contribution is 2.32. The Morgan fingerprint density at radius 1 is 1.12 bits per heavy atom. The quantitative estimate of drug-likeness (QED) is 0.770. The molecule has 0 aliphatic heterocycles. The van der Waals surface area contributed by atoms with E-state index in [0.29, 0.717) is 16.3 Å². The minimum absolute atomic E-state index is 0.568. The second-order valence-corrected chi connectivity index (χ2v) is 3.96. The number of aldehydes is 1. The fraction of sp³-hybridized carbons (Fsp3) is 0.0714. The van der Waals surface area contributed by atoms with Crippen LogP contribution >= 0.6 is 11.6 Å². The summed E-state index contributed by atoms with van der Waals surface area (Å²) in [6.45, 7) is 0. The highest BCUT2D eigenvalue weighted by Gasteiger charge is 2.08. The molecule has 17 heavy (non-hydrogen) atoms. The van der Waals surface area contributed by atoms with E-state index in [1.54, 1.807) is 19.2 Å². The summed E-state index contributed by atoms with van der Waals surface area (Å²) in [5.41, 5.74) is 2.28. The van der Waals surface area contributed by atoms with Gasteiger partial charge in [-0.3, -0.25) is 4.79 Å². The number of hydrogen-bond donors (Lipinski definition) is 0. The van der Waals surface area contributed by atoms with E-state index in [-0.39, 0.29) is 0 Å². The maximum Gasteiger partial charge on any atom is 0.150 e. The normalized spacial score (nSPS) is 10.0. The largest absolute Gasteiger partial charge is 0.497 e. The minimum Gasteiger partial charge on any atom is -0.497 e. The average Bonchev–Trinajstić information content (AvgIpc) is 2.38. The molecule has 2 aromatic carbocycles. The Labute approximate surface area is 105 Å². The van der Waals surface area contributed by atoms with Crippen LogP contribution in [0, 0.1) is 0 Å². The van der Waals surface area contributed by atoms with E-state index in [1.165, 1.54) is 0 Å². The first-order valence-corrected chi connectivity index (χ1v) is 5.52. The van der Waals surface area contributed by atoms with Gasteiger partial charge in [0, 0.05) is 11.1 Å². The van der Waals surface area contributed by atoms with Crippen molar-refractivity contribution in [3.05, 3.63) is 53.1 Å². The van der Waals surface area contributed by atoms with Crippen LogP contribution in [0.25, 0.3) is 11.1 Å². The zero-order valence-corrected chi connectivity index (χ0v) is 10.1. The highest BCUT2D eigenvalue weighted by molar-refractivity contribution is 6.33. The Bertz CT molecular complexity index is 550. The van der Waals surface area contributed by atoms with Crippen LogP contribution in [0.5, 0.6) is 5.75 Å². The molecule has 0 aromatic heterocycles. The highest BCUT2D eigenvalue weighted by atomic mass is 35.5. The lowest BCUT2D eigenvalue weighted by Gasteiger charge is -2.08. The molecule has 2 rings (SSSR count). The van der Waals surface area contributed by atoms with Crippen LogP contribution in [0.15, 0.2) is 42.5 Å². The van der Waals surface area contributed by atoms with Gasteiger partial charge in [0.05, 0.1) is 12.1 Å². The summed E-state index contributed by atoms with van der Waals surface area (Å²) in [6.07, 6.45) is 0.829. The van der Waals surface area contributed by atoms with Crippen molar-refractivity contribution in [2.45, 2.75) is 0 Å². The molecule has 0 radical (unpaired) electrons. The summed E-state index contributed by atoms with van der Waals surface area (Å²) < 4.78 is 5.09. The number of ether oxygens (including phenoxy) is 1. The fourth-order valence-electron chi connectivity index (χ4n) is 1.69. The lowest BCUT2D eigenvalue weighted by Crippen LogP contribution is -1.89. The maximum atomic E-state index is 11.0. The zero-order chi connectivity index (χ0) is 12.3. The Hall–Kier alpha value is -1.80. The maximum absolute atomic E-state index is 11.0. The van der Waals surface area contributed by atoms with Gasteiger partial charge in [-0.15, -0.1) is 0 Å². The molecule has 0 amide bonds. The third kappa shape index (κ3) is 2.32. The number of hydrogen-bond acceptors (Lipinski definition) is 2. The van der Waals surface area contributed by atoms with Crippen molar-refractivity contribution < 1.29 is 9.53 Å². The van der Waals surface area contributed by atoms with Gasteiger partial charge in [0.2, 0.25) is 0 Å². The monoisotopic (exact) mass is 246 g/mol. The van der Waals surface area contributed by atoms with E-state index in [2.05, 4.69) is 0 Å². The molecule has 0 spiro atoms. The van der Waals surface area contributed by atoms with Gasteiger partial charge in [-0.2, -0.15) is 0 Å². The molecule has 3 heteroatoms. The first kappa shape index (κ1) is 11.7. The predicted molar refractivity (Wildman–Crippen MR) is 68.8 cm³/mol. The van der Waals surface area contributed by atoms with Crippen LogP contribution in [0.4, 0.5) is 0 Å². The van der Waals surface area contributed by atoms with Gasteiger partial charge in [-0.05, 0) is 23.8 Å². The summed E-state index contributed by atoms with van der Waals surface area (Å²) in [7, 11) is 1.59. The molecule has 0 saturated carbocycles. The van der Waals surface area contributed by atoms with Gasteiger partial charge < -0.3 is 4.74 Å². The van der Waals surface area contributed by atoms with Crippen LogP contribution in [-0.2, 0) is 0 Å². The second-order valence-electron chi connectivity index (χ2n) is 3.55. The molecule has 0 fully saturated rings. The van der Waals surface area contributed by atoms with Crippen molar-refractivity contribution in [1.29, 1.82) is 0 Å². The van der Waals surface area contributed by atoms with E-state index >= 15 is 0 Å². The first-order chi connectivity index (χ1) is 8.26. The van der Waals surface area contributed by atoms with Gasteiger partial charge >= 0.3 is 0 Å². The lowest BCUT2D eigenvalue weighted by atomic mass is 10.0. The molecule has 86 valence electrons. The topological polar surface area (TPSA) is 26.3 Å². The molecule has 0 aliphatic carbocycles. The standard InChI is InChI=1S/C14H11ClO2/c1-17-11-6-7-13(14(15)8-11)12-5-3-2-4-10(12)9-16/h2-9H,1H3. The van der Waals surface area contributed by atoms with Crippen molar-refractivity contribution in [2.24, 2.45) is 0 Å². The molecule has 0 heterocycles. The van der Waals surface area contributed by atoms with E-state index in [1.807, 2.05) is 30.3 Å². The van der Waals surface area contributed by atoms with Gasteiger partial charge in [-0.1, -0.05) is 35.9 Å². The Kier molecular flexibility index (Phi) is 3.45. The molecular weight excluding hydrogens is 236 g/mol. The molecule has 2 aromatic rings. The summed E-state index contributed by atoms with van der Waals surface area (Å²) in [4.78, 5) is 11.0. The van der Waals surface area contributed by atoms with Gasteiger partial charge in [0.15, 0.2) is 6.29 Å². The number of benzene rings is 2. The Morgan fingerprint density at radius 2 is 1.88 bits per heavy atom. The molecule has 0 bridgehead atoms. The van der Waals surface area contributed by atoms with Crippen LogP contribution in [0.2, 0.25) is 5.02 Å². The van der Waals surface area contributed by atoms with Crippen LogP contribution in [0.3, 0.4) is 0 Å². The summed E-state index contributed by atoms with van der Waals surface area (Å²) >= 11 is 6.18. The summed E-state index contributed by atoms with van der Waals surface area (Å²) in [6, 6.07) is 12.7. The smallest absolute Gasteiger partial charge is 0.150 e. The van der Waals surface area contributed by atoms with E-state index in [4.69, 9.17) is 16.3 Å². The number of halogens is 1.